The number of rotatable bonds is 3. The molecule has 0 fully saturated rings. The van der Waals surface area contributed by atoms with Crippen LogP contribution in [0.3, 0.4) is 0 Å². The zero-order chi connectivity index (χ0) is 13.4. The second-order valence-electron chi connectivity index (χ2n) is 4.94. The summed E-state index contributed by atoms with van der Waals surface area (Å²) in [7, 11) is 0. The Morgan fingerprint density at radius 2 is 2.05 bits per heavy atom. The predicted molar refractivity (Wildman–Crippen MR) is 75.2 cm³/mol. The van der Waals surface area contributed by atoms with Gasteiger partial charge in [-0.15, -0.1) is 0 Å². The van der Waals surface area contributed by atoms with Crippen LogP contribution in [0.4, 0.5) is 0 Å². The van der Waals surface area contributed by atoms with Crippen molar-refractivity contribution >= 4 is 11.8 Å². The zero-order valence-corrected chi connectivity index (χ0v) is 15.6. The van der Waals surface area contributed by atoms with E-state index in [9.17, 15) is 0 Å². The van der Waals surface area contributed by atoms with Crippen LogP contribution < -0.4 is 24.8 Å². The van der Waals surface area contributed by atoms with Gasteiger partial charge >= 0.3 is 129 Å². The Hall–Kier alpha value is -0.957. The maximum Gasteiger partial charge on any atom is -1.00 e. The minimum absolute atomic E-state index is 0. The van der Waals surface area contributed by atoms with Crippen LogP contribution in [0.15, 0.2) is 58.4 Å². The maximum absolute atomic E-state index is 4.34. The summed E-state index contributed by atoms with van der Waals surface area (Å²) < 4.78 is 4.14. The van der Waals surface area contributed by atoms with Crippen LogP contribution in [-0.2, 0) is 23.2 Å². The largest absolute Gasteiger partial charge is 1.00 e. The van der Waals surface area contributed by atoms with Gasteiger partial charge in [0.1, 0.15) is 0 Å². The van der Waals surface area contributed by atoms with Gasteiger partial charge in [0.05, 0.1) is 0 Å². The van der Waals surface area contributed by atoms with Gasteiger partial charge < -0.3 is 24.8 Å². The van der Waals surface area contributed by atoms with E-state index in [1.165, 1.54) is 16.8 Å². The van der Waals surface area contributed by atoms with Gasteiger partial charge in [0.25, 0.3) is 0 Å². The molecule has 22 heavy (non-hydrogen) atoms. The van der Waals surface area contributed by atoms with Crippen molar-refractivity contribution in [2.75, 3.05) is 0 Å². The molecule has 0 aliphatic heterocycles. The van der Waals surface area contributed by atoms with Crippen molar-refractivity contribution in [1.29, 1.82) is 0 Å². The first-order valence-corrected chi connectivity index (χ1v) is 9.34. The topological polar surface area (TPSA) is 30.7 Å². The van der Waals surface area contributed by atoms with Gasteiger partial charge in [0.2, 0.25) is 0 Å². The van der Waals surface area contributed by atoms with Gasteiger partial charge in [-0.1, -0.05) is 0 Å². The number of aromatic nitrogens is 3. The normalized spacial score (nSPS) is 17.7. The average Bonchev–Trinajstić information content (AvgIpc) is 3.19. The van der Waals surface area contributed by atoms with Crippen molar-refractivity contribution in [3.63, 3.8) is 0 Å². The quantitative estimate of drug-likeness (QED) is 0.551. The molecule has 0 bridgehead atoms. The molecule has 3 nitrogen and oxygen atoms in total. The molecule has 110 valence electrons. The van der Waals surface area contributed by atoms with E-state index in [2.05, 4.69) is 58.7 Å². The van der Waals surface area contributed by atoms with E-state index in [0.29, 0.717) is 3.63 Å². The summed E-state index contributed by atoms with van der Waals surface area (Å²) in [5, 5.41) is 4.34. The minimum atomic E-state index is -0.691. The van der Waals surface area contributed by atoms with Crippen LogP contribution in [0.5, 0.6) is 0 Å². The SMILES string of the molecule is C1=CC[C]([Zr+2][CH]2C(n3cncn3)=Cc3ccccc32)=C1.[Cl-].[Cl-]. The number of benzene rings is 1. The Morgan fingerprint density at radius 3 is 2.77 bits per heavy atom. The summed E-state index contributed by atoms with van der Waals surface area (Å²) in [5.41, 5.74) is 4.11. The van der Waals surface area contributed by atoms with Crippen molar-refractivity contribution in [3.05, 3.63) is 69.6 Å². The van der Waals surface area contributed by atoms with Gasteiger partial charge in [0.15, 0.2) is 0 Å². The van der Waals surface area contributed by atoms with Crippen LogP contribution in [0.1, 0.15) is 21.2 Å². The number of hydrogen-bond donors (Lipinski definition) is 0. The smallest absolute Gasteiger partial charge is 1.00 e. The first-order valence-electron chi connectivity index (χ1n) is 6.69. The molecule has 0 amide bonds. The van der Waals surface area contributed by atoms with Gasteiger partial charge in [-0.25, -0.2) is 0 Å². The maximum atomic E-state index is 4.34. The van der Waals surface area contributed by atoms with Gasteiger partial charge in [-0.3, -0.25) is 0 Å². The van der Waals surface area contributed by atoms with E-state index in [1.54, 1.807) is 9.61 Å². The summed E-state index contributed by atoms with van der Waals surface area (Å²) in [6, 6.07) is 8.72. The molecule has 0 spiro atoms. The van der Waals surface area contributed by atoms with Gasteiger partial charge in [-0.2, -0.15) is 0 Å². The molecule has 1 atom stereocenters. The molecule has 0 radical (unpaired) electrons. The molecule has 1 aromatic carbocycles. The Bertz CT molecular complexity index is 736. The summed E-state index contributed by atoms with van der Waals surface area (Å²) in [6.07, 6.45) is 13.6. The van der Waals surface area contributed by atoms with Crippen LogP contribution in [0.2, 0.25) is 0 Å². The monoisotopic (exact) mass is 407 g/mol. The van der Waals surface area contributed by atoms with E-state index in [1.807, 2.05) is 11.0 Å². The standard InChI is InChI=1S/C11H8N3.C5H5.2ClH.Zr/c1-2-4-10-6-11(5-9(10)3-1)14-8-12-7-13-14;1-2-4-5-3-1;;;/h1-8H;1-3H,4H2;2*1H;/q;;;;+2/p-2. The zero-order valence-electron chi connectivity index (χ0n) is 11.7. The number of fused-ring (bicyclic) bond motifs is 1. The number of nitrogens with zero attached hydrogens (tertiary/aromatic N) is 3. The Morgan fingerprint density at radius 1 is 1.18 bits per heavy atom. The molecular weight excluding hydrogens is 396 g/mol. The van der Waals surface area contributed by atoms with Crippen LogP contribution >= 0.6 is 0 Å². The summed E-state index contributed by atoms with van der Waals surface area (Å²) in [6.45, 7) is 0. The molecule has 1 heterocycles. The van der Waals surface area contributed by atoms with Crippen LogP contribution in [0.25, 0.3) is 11.8 Å². The van der Waals surface area contributed by atoms with Crippen molar-refractivity contribution < 1.29 is 48.0 Å². The molecular formula is C16H13Cl2N3Zr. The summed E-state index contributed by atoms with van der Waals surface area (Å²) in [4.78, 5) is 4.10. The van der Waals surface area contributed by atoms with Crippen molar-refractivity contribution in [2.24, 2.45) is 0 Å². The second kappa shape index (κ2) is 7.54. The Balaban J connectivity index is 0.000000882. The van der Waals surface area contributed by atoms with Crippen molar-refractivity contribution in [1.82, 2.24) is 14.8 Å². The second-order valence-corrected chi connectivity index (χ2v) is 8.65. The molecule has 6 heteroatoms. The molecule has 2 aromatic rings. The molecule has 0 N–H and O–H groups in total. The molecule has 4 rings (SSSR count). The fourth-order valence-electron chi connectivity index (χ4n) is 2.74. The summed E-state index contributed by atoms with van der Waals surface area (Å²) in [5.74, 6) is 0. The fourth-order valence-corrected chi connectivity index (χ4v) is 6.62. The van der Waals surface area contributed by atoms with Crippen molar-refractivity contribution in [3.8, 4) is 0 Å². The third kappa shape index (κ3) is 3.20. The third-order valence-electron chi connectivity index (χ3n) is 3.69. The van der Waals surface area contributed by atoms with E-state index < -0.39 is 23.2 Å². The third-order valence-corrected chi connectivity index (χ3v) is 7.71. The minimum Gasteiger partial charge on any atom is -1.00 e. The van der Waals surface area contributed by atoms with E-state index in [4.69, 9.17) is 0 Å². The summed E-state index contributed by atoms with van der Waals surface area (Å²) >= 11 is -0.691. The van der Waals surface area contributed by atoms with E-state index in [0.717, 1.165) is 6.42 Å². The molecule has 0 saturated heterocycles. The first-order chi connectivity index (χ1) is 9.92. The number of allylic oxidation sites excluding steroid dienone is 5. The Kier molecular flexibility index (Phi) is 5.96. The molecule has 2 aliphatic carbocycles. The van der Waals surface area contributed by atoms with Crippen molar-refractivity contribution in [2.45, 2.75) is 10.0 Å². The number of hydrogen-bond acceptors (Lipinski definition) is 2. The number of halogens is 2. The first kappa shape index (κ1) is 17.4. The van der Waals surface area contributed by atoms with Crippen LogP contribution in [-0.4, -0.2) is 14.8 Å². The molecule has 1 aromatic heterocycles. The molecule has 2 aliphatic rings. The molecule has 1 unspecified atom stereocenters. The predicted octanol–water partition coefficient (Wildman–Crippen LogP) is -2.73. The van der Waals surface area contributed by atoms with E-state index >= 15 is 0 Å². The Labute approximate surface area is 153 Å². The molecule has 0 saturated carbocycles. The van der Waals surface area contributed by atoms with Crippen LogP contribution in [0, 0.1) is 0 Å². The van der Waals surface area contributed by atoms with Gasteiger partial charge in [-0.05, 0) is 0 Å². The fraction of sp³-hybridized carbons (Fsp3) is 0.125. The average molecular weight is 409 g/mol. The van der Waals surface area contributed by atoms with Gasteiger partial charge in [0, 0.05) is 0 Å². The van der Waals surface area contributed by atoms with E-state index in [-0.39, 0.29) is 24.8 Å².